The van der Waals surface area contributed by atoms with Gasteiger partial charge < -0.3 is 15.2 Å². The lowest BCUT2D eigenvalue weighted by Gasteiger charge is -2.32. The van der Waals surface area contributed by atoms with E-state index < -0.39 is 12.7 Å². The van der Waals surface area contributed by atoms with Gasteiger partial charge in [-0.3, -0.25) is 4.90 Å². The molecule has 0 amide bonds. The van der Waals surface area contributed by atoms with Crippen molar-refractivity contribution in [3.63, 3.8) is 0 Å². The highest BCUT2D eigenvalue weighted by atomic mass is 19.4. The van der Waals surface area contributed by atoms with E-state index in [1.807, 2.05) is 6.92 Å². The van der Waals surface area contributed by atoms with Crippen LogP contribution in [0.1, 0.15) is 31.9 Å². The molecule has 0 bridgehead atoms. The molecule has 0 radical (unpaired) electrons. The van der Waals surface area contributed by atoms with Crippen LogP contribution >= 0.6 is 0 Å². The molecule has 0 spiro atoms. The Morgan fingerprint density at radius 1 is 1.36 bits per heavy atom. The lowest BCUT2D eigenvalue weighted by Crippen LogP contribution is -2.41. The highest BCUT2D eigenvalue weighted by Crippen LogP contribution is 2.23. The highest BCUT2D eigenvalue weighted by Gasteiger charge is 2.32. The molecule has 1 aromatic rings. The summed E-state index contributed by atoms with van der Waals surface area (Å²) < 4.78 is 42.0. The van der Waals surface area contributed by atoms with Crippen LogP contribution in [0.25, 0.3) is 0 Å². The second kappa shape index (κ2) is 9.65. The van der Waals surface area contributed by atoms with Crippen LogP contribution in [0.5, 0.6) is 0 Å². The van der Waals surface area contributed by atoms with E-state index in [4.69, 9.17) is 4.52 Å². The summed E-state index contributed by atoms with van der Waals surface area (Å²) in [4.78, 5) is 5.92. The molecule has 1 aliphatic rings. The molecular weight excluding hydrogens is 335 g/mol. The first-order valence-corrected chi connectivity index (χ1v) is 8.67. The number of alkyl halides is 3. The van der Waals surface area contributed by atoms with Crippen molar-refractivity contribution in [1.29, 1.82) is 0 Å². The molecule has 142 valence electrons. The van der Waals surface area contributed by atoms with Gasteiger partial charge in [0, 0.05) is 19.2 Å². The van der Waals surface area contributed by atoms with Gasteiger partial charge in [0.2, 0.25) is 0 Å². The van der Waals surface area contributed by atoms with E-state index in [0.29, 0.717) is 31.5 Å². The van der Waals surface area contributed by atoms with E-state index in [9.17, 15) is 13.2 Å². The number of guanidine groups is 1. The maximum Gasteiger partial charge on any atom is 0.401 e. The van der Waals surface area contributed by atoms with E-state index in [2.05, 4.69) is 20.8 Å². The average molecular weight is 361 g/mol. The monoisotopic (exact) mass is 361 g/mol. The number of hydrogen-bond donors (Lipinski definition) is 2. The zero-order valence-corrected chi connectivity index (χ0v) is 14.5. The summed E-state index contributed by atoms with van der Waals surface area (Å²) in [6.07, 6.45) is -0.0469. The number of halogens is 3. The standard InChI is InChI=1S/C16H26F3N5O/c1-2-20-15(22-11-14-6-10-25-23-14)21-7-3-13-4-8-24(9-5-13)12-16(17,18)19/h6,10,13H,2-5,7-9,11-12H2,1H3,(H2,20,21,22). The molecule has 25 heavy (non-hydrogen) atoms. The van der Waals surface area contributed by atoms with Crippen molar-refractivity contribution in [3.05, 3.63) is 18.0 Å². The largest absolute Gasteiger partial charge is 0.401 e. The summed E-state index contributed by atoms with van der Waals surface area (Å²) in [5.41, 5.74) is 0.759. The van der Waals surface area contributed by atoms with Gasteiger partial charge in [-0.15, -0.1) is 0 Å². The lowest BCUT2D eigenvalue weighted by molar-refractivity contribution is -0.148. The van der Waals surface area contributed by atoms with Crippen molar-refractivity contribution in [1.82, 2.24) is 20.7 Å². The smallest absolute Gasteiger partial charge is 0.364 e. The van der Waals surface area contributed by atoms with E-state index in [-0.39, 0.29) is 0 Å². The number of piperidine rings is 1. The molecule has 9 heteroatoms. The van der Waals surface area contributed by atoms with Gasteiger partial charge in [0.15, 0.2) is 5.96 Å². The number of nitrogens with zero attached hydrogens (tertiary/aromatic N) is 3. The average Bonchev–Trinajstić information content (AvgIpc) is 3.06. The first-order valence-electron chi connectivity index (χ1n) is 8.67. The molecular formula is C16H26F3N5O. The normalized spacial score (nSPS) is 17.7. The fourth-order valence-electron chi connectivity index (χ4n) is 2.90. The van der Waals surface area contributed by atoms with Gasteiger partial charge in [0.1, 0.15) is 12.0 Å². The van der Waals surface area contributed by atoms with Crippen LogP contribution in [0, 0.1) is 5.92 Å². The molecule has 1 aromatic heterocycles. The molecule has 0 saturated carbocycles. The van der Waals surface area contributed by atoms with Crippen molar-refractivity contribution in [3.8, 4) is 0 Å². The van der Waals surface area contributed by atoms with E-state index in [1.165, 1.54) is 11.2 Å². The highest BCUT2D eigenvalue weighted by molar-refractivity contribution is 5.79. The third kappa shape index (κ3) is 7.76. The summed E-state index contributed by atoms with van der Waals surface area (Å²) in [6.45, 7) is 4.16. The second-order valence-electron chi connectivity index (χ2n) is 6.24. The van der Waals surface area contributed by atoms with Crippen molar-refractivity contribution >= 4 is 5.96 Å². The Morgan fingerprint density at radius 2 is 2.12 bits per heavy atom. The van der Waals surface area contributed by atoms with E-state index in [1.54, 1.807) is 6.07 Å². The summed E-state index contributed by atoms with van der Waals surface area (Å²) in [5, 5.41) is 10.2. The number of aliphatic imine (C=N–C) groups is 1. The first kappa shape index (κ1) is 19.6. The summed E-state index contributed by atoms with van der Waals surface area (Å²) in [6, 6.07) is 1.77. The molecule has 0 aromatic carbocycles. The van der Waals surface area contributed by atoms with Gasteiger partial charge in [0.25, 0.3) is 0 Å². The summed E-state index contributed by atoms with van der Waals surface area (Å²) in [5.74, 6) is 1.16. The van der Waals surface area contributed by atoms with Crippen molar-refractivity contribution < 1.29 is 17.7 Å². The van der Waals surface area contributed by atoms with Crippen LogP contribution in [-0.2, 0) is 6.54 Å². The number of rotatable bonds is 7. The molecule has 2 N–H and O–H groups in total. The Kier molecular flexibility index (Phi) is 7.54. The Bertz CT molecular complexity index is 510. The number of hydrogen-bond acceptors (Lipinski definition) is 4. The van der Waals surface area contributed by atoms with E-state index >= 15 is 0 Å². The Labute approximate surface area is 145 Å². The molecule has 6 nitrogen and oxygen atoms in total. The predicted octanol–water partition coefficient (Wildman–Crippen LogP) is 2.39. The second-order valence-corrected chi connectivity index (χ2v) is 6.24. The molecule has 1 fully saturated rings. The van der Waals surface area contributed by atoms with E-state index in [0.717, 1.165) is 38.0 Å². The zero-order chi connectivity index (χ0) is 18.1. The fraction of sp³-hybridized carbons (Fsp3) is 0.750. The predicted molar refractivity (Wildman–Crippen MR) is 89.2 cm³/mol. The minimum atomic E-state index is -4.10. The van der Waals surface area contributed by atoms with Gasteiger partial charge in [-0.25, -0.2) is 4.99 Å². The van der Waals surface area contributed by atoms with Crippen LogP contribution in [0.15, 0.2) is 21.8 Å². The maximum absolute atomic E-state index is 12.4. The molecule has 0 atom stereocenters. The van der Waals surface area contributed by atoms with Gasteiger partial charge in [0.05, 0.1) is 13.1 Å². The molecule has 0 aliphatic carbocycles. The SMILES string of the molecule is CCNC(=NCc1ccon1)NCCC1CCN(CC(F)(F)F)CC1. The van der Waals surface area contributed by atoms with Crippen LogP contribution in [0.2, 0.25) is 0 Å². The molecule has 2 rings (SSSR count). The first-order chi connectivity index (χ1) is 12.0. The number of nitrogens with one attached hydrogen (secondary N) is 2. The van der Waals surface area contributed by atoms with Crippen molar-refractivity contribution in [2.75, 3.05) is 32.7 Å². The topological polar surface area (TPSA) is 65.7 Å². The zero-order valence-electron chi connectivity index (χ0n) is 14.5. The summed E-state index contributed by atoms with van der Waals surface area (Å²) >= 11 is 0. The minimum Gasteiger partial charge on any atom is -0.364 e. The van der Waals surface area contributed by atoms with Gasteiger partial charge in [-0.2, -0.15) is 13.2 Å². The van der Waals surface area contributed by atoms with Crippen LogP contribution < -0.4 is 10.6 Å². The quantitative estimate of drug-likeness (QED) is 0.577. The van der Waals surface area contributed by atoms with Gasteiger partial charge in [-0.05, 0) is 45.2 Å². The van der Waals surface area contributed by atoms with Crippen molar-refractivity contribution in [2.24, 2.45) is 10.9 Å². The van der Waals surface area contributed by atoms with Gasteiger partial charge >= 0.3 is 6.18 Å². The number of likely N-dealkylation sites (tertiary alicyclic amines) is 1. The Morgan fingerprint density at radius 3 is 2.72 bits per heavy atom. The molecule has 1 aliphatic heterocycles. The molecule has 2 heterocycles. The third-order valence-corrected chi connectivity index (χ3v) is 4.19. The van der Waals surface area contributed by atoms with Crippen LogP contribution in [-0.4, -0.2) is 54.9 Å². The number of aromatic nitrogens is 1. The van der Waals surface area contributed by atoms with Gasteiger partial charge in [-0.1, -0.05) is 5.16 Å². The van der Waals surface area contributed by atoms with Crippen molar-refractivity contribution in [2.45, 2.75) is 38.9 Å². The third-order valence-electron chi connectivity index (χ3n) is 4.19. The maximum atomic E-state index is 12.4. The fourth-order valence-corrected chi connectivity index (χ4v) is 2.90. The lowest BCUT2D eigenvalue weighted by atomic mass is 9.93. The van der Waals surface area contributed by atoms with Crippen LogP contribution in [0.3, 0.4) is 0 Å². The Balaban J connectivity index is 1.67. The molecule has 0 unspecified atom stereocenters. The summed E-state index contributed by atoms with van der Waals surface area (Å²) in [7, 11) is 0. The Hall–Kier alpha value is -1.77. The van der Waals surface area contributed by atoms with Crippen LogP contribution in [0.4, 0.5) is 13.2 Å². The minimum absolute atomic E-state index is 0.432. The molecule has 1 saturated heterocycles.